The predicted molar refractivity (Wildman–Crippen MR) is 76.0 cm³/mol. The third-order valence-corrected chi connectivity index (χ3v) is 3.57. The third-order valence-electron chi connectivity index (χ3n) is 2.68. The van der Waals surface area contributed by atoms with Crippen molar-refractivity contribution in [2.45, 2.75) is 6.92 Å². The van der Waals surface area contributed by atoms with E-state index in [0.29, 0.717) is 11.5 Å². The van der Waals surface area contributed by atoms with Crippen LogP contribution in [0.2, 0.25) is 0 Å². The smallest absolute Gasteiger partial charge is 0.365 e. The number of aryl methyl sites for hydroxylation is 1. The number of ether oxygens (including phenoxy) is 1. The van der Waals surface area contributed by atoms with E-state index in [-0.39, 0.29) is 5.69 Å². The molecule has 0 amide bonds. The molecule has 0 spiro atoms. The van der Waals surface area contributed by atoms with Gasteiger partial charge in [0, 0.05) is 6.07 Å². The average molecular weight is 285 g/mol. The van der Waals surface area contributed by atoms with E-state index in [1.807, 2.05) is 36.6 Å². The molecule has 2 aromatic heterocycles. The summed E-state index contributed by atoms with van der Waals surface area (Å²) in [6.45, 7) is 1.93. The lowest BCUT2D eigenvalue weighted by molar-refractivity contribution is 0.0724. The second-order valence-corrected chi connectivity index (χ2v) is 5.21. The highest BCUT2D eigenvalue weighted by atomic mass is 32.1. The molecule has 0 fully saturated rings. The number of hydrogen-bond acceptors (Lipinski definition) is 5. The Hall–Kier alpha value is -2.40. The maximum atomic E-state index is 12.0. The van der Waals surface area contributed by atoms with Gasteiger partial charge in [0.05, 0.1) is 4.88 Å². The Bertz CT molecular complexity index is 731. The van der Waals surface area contributed by atoms with E-state index in [0.717, 1.165) is 10.4 Å². The first-order valence-electron chi connectivity index (χ1n) is 6.02. The minimum absolute atomic E-state index is 0.162. The summed E-state index contributed by atoms with van der Waals surface area (Å²) in [6, 6.07) is 12.7. The van der Waals surface area contributed by atoms with Crippen LogP contribution >= 0.6 is 11.3 Å². The maximum absolute atomic E-state index is 12.0. The van der Waals surface area contributed by atoms with E-state index in [9.17, 15) is 4.79 Å². The predicted octanol–water partition coefficient (Wildman–Crippen LogP) is 3.93. The quantitative estimate of drug-likeness (QED) is 0.540. The zero-order chi connectivity index (χ0) is 13.9. The van der Waals surface area contributed by atoms with Crippen LogP contribution in [0.15, 0.2) is 52.4 Å². The fourth-order valence-corrected chi connectivity index (χ4v) is 2.42. The number of carbonyl (C=O) groups is 1. The lowest BCUT2D eigenvalue weighted by Gasteiger charge is -2.01. The summed E-state index contributed by atoms with van der Waals surface area (Å²) in [5.41, 5.74) is 1.18. The van der Waals surface area contributed by atoms with Crippen LogP contribution in [0, 0.1) is 6.92 Å². The maximum Gasteiger partial charge on any atom is 0.365 e. The molecule has 5 heteroatoms. The SMILES string of the molecule is Cc1cccc(OC(=O)c2cc(-c3cccs3)on2)c1. The van der Waals surface area contributed by atoms with Crippen molar-refractivity contribution in [3.8, 4) is 16.4 Å². The lowest BCUT2D eigenvalue weighted by atomic mass is 10.2. The largest absolute Gasteiger partial charge is 0.422 e. The van der Waals surface area contributed by atoms with Crippen LogP contribution < -0.4 is 4.74 Å². The molecule has 3 rings (SSSR count). The van der Waals surface area contributed by atoms with Crippen LogP contribution in [0.3, 0.4) is 0 Å². The molecular formula is C15H11NO3S. The Morgan fingerprint density at radius 1 is 1.25 bits per heavy atom. The Balaban J connectivity index is 1.78. The van der Waals surface area contributed by atoms with E-state index in [1.54, 1.807) is 18.2 Å². The van der Waals surface area contributed by atoms with Gasteiger partial charge in [-0.2, -0.15) is 0 Å². The minimum atomic E-state index is -0.526. The molecule has 4 nitrogen and oxygen atoms in total. The molecule has 0 aliphatic carbocycles. The van der Waals surface area contributed by atoms with Crippen molar-refractivity contribution in [3.63, 3.8) is 0 Å². The Kier molecular flexibility index (Phi) is 3.35. The summed E-state index contributed by atoms with van der Waals surface area (Å²) in [4.78, 5) is 12.9. The second-order valence-electron chi connectivity index (χ2n) is 4.26. The van der Waals surface area contributed by atoms with Crippen molar-refractivity contribution in [1.29, 1.82) is 0 Å². The van der Waals surface area contributed by atoms with E-state index < -0.39 is 5.97 Å². The van der Waals surface area contributed by atoms with Gasteiger partial charge in [0.1, 0.15) is 5.75 Å². The summed E-state index contributed by atoms with van der Waals surface area (Å²) < 4.78 is 10.4. The van der Waals surface area contributed by atoms with Crippen molar-refractivity contribution in [1.82, 2.24) is 5.16 Å². The van der Waals surface area contributed by atoms with E-state index in [2.05, 4.69) is 5.16 Å². The summed E-state index contributed by atoms with van der Waals surface area (Å²) >= 11 is 1.52. The molecular weight excluding hydrogens is 274 g/mol. The number of rotatable bonds is 3. The molecule has 0 bridgehead atoms. The molecule has 20 heavy (non-hydrogen) atoms. The fourth-order valence-electron chi connectivity index (χ4n) is 1.74. The average Bonchev–Trinajstić information content (AvgIpc) is 3.10. The number of benzene rings is 1. The molecule has 1 aromatic carbocycles. The molecule has 0 unspecified atom stereocenters. The van der Waals surface area contributed by atoms with Crippen molar-refractivity contribution in [3.05, 3.63) is 59.1 Å². The molecule has 0 radical (unpaired) electrons. The van der Waals surface area contributed by atoms with Gasteiger partial charge in [0.15, 0.2) is 11.5 Å². The fraction of sp³-hybridized carbons (Fsp3) is 0.0667. The van der Waals surface area contributed by atoms with Gasteiger partial charge in [-0.3, -0.25) is 0 Å². The van der Waals surface area contributed by atoms with Gasteiger partial charge >= 0.3 is 5.97 Å². The van der Waals surface area contributed by atoms with Crippen molar-refractivity contribution in [2.24, 2.45) is 0 Å². The lowest BCUT2D eigenvalue weighted by Crippen LogP contribution is -2.08. The second kappa shape index (κ2) is 5.30. The molecule has 0 saturated carbocycles. The van der Waals surface area contributed by atoms with Gasteiger partial charge in [-0.05, 0) is 36.1 Å². The Morgan fingerprint density at radius 3 is 2.90 bits per heavy atom. The van der Waals surface area contributed by atoms with E-state index in [4.69, 9.17) is 9.26 Å². The minimum Gasteiger partial charge on any atom is -0.422 e. The van der Waals surface area contributed by atoms with Gasteiger partial charge in [0.2, 0.25) is 0 Å². The van der Waals surface area contributed by atoms with Crippen molar-refractivity contribution < 1.29 is 14.1 Å². The first kappa shape index (κ1) is 12.6. The summed E-state index contributed by atoms with van der Waals surface area (Å²) in [5, 5.41) is 5.68. The number of nitrogens with zero attached hydrogens (tertiary/aromatic N) is 1. The van der Waals surface area contributed by atoms with E-state index >= 15 is 0 Å². The molecule has 0 saturated heterocycles. The molecule has 0 atom stereocenters. The standard InChI is InChI=1S/C15H11NO3S/c1-10-4-2-5-11(8-10)18-15(17)12-9-13(19-16-12)14-6-3-7-20-14/h2-9H,1H3. The van der Waals surface area contributed by atoms with Gasteiger partial charge in [-0.15, -0.1) is 11.3 Å². The van der Waals surface area contributed by atoms with Crippen LogP contribution in [0.1, 0.15) is 16.1 Å². The molecule has 0 aliphatic heterocycles. The molecule has 2 heterocycles. The number of thiophene rings is 1. The highest BCUT2D eigenvalue weighted by Crippen LogP contribution is 2.25. The molecule has 100 valence electrons. The van der Waals surface area contributed by atoms with Crippen molar-refractivity contribution >= 4 is 17.3 Å². The third kappa shape index (κ3) is 2.62. The highest BCUT2D eigenvalue weighted by Gasteiger charge is 2.16. The van der Waals surface area contributed by atoms with Gasteiger partial charge in [-0.1, -0.05) is 23.4 Å². The topological polar surface area (TPSA) is 52.3 Å². The van der Waals surface area contributed by atoms with Crippen LogP contribution in [-0.4, -0.2) is 11.1 Å². The summed E-state index contributed by atoms with van der Waals surface area (Å²) in [7, 11) is 0. The van der Waals surface area contributed by atoms with Crippen LogP contribution in [0.25, 0.3) is 10.6 Å². The number of esters is 1. The molecule has 3 aromatic rings. The summed E-state index contributed by atoms with van der Waals surface area (Å²) in [5.74, 6) is 0.536. The Morgan fingerprint density at radius 2 is 2.15 bits per heavy atom. The van der Waals surface area contributed by atoms with E-state index in [1.165, 1.54) is 11.3 Å². The zero-order valence-electron chi connectivity index (χ0n) is 10.7. The van der Waals surface area contributed by atoms with Crippen LogP contribution in [-0.2, 0) is 0 Å². The monoisotopic (exact) mass is 285 g/mol. The zero-order valence-corrected chi connectivity index (χ0v) is 11.5. The Labute approximate surface area is 119 Å². The number of carbonyl (C=O) groups excluding carboxylic acids is 1. The normalized spacial score (nSPS) is 10.4. The van der Waals surface area contributed by atoms with Gasteiger partial charge in [-0.25, -0.2) is 4.79 Å². The van der Waals surface area contributed by atoms with Gasteiger partial charge in [0.25, 0.3) is 0 Å². The summed E-state index contributed by atoms with van der Waals surface area (Å²) in [6.07, 6.45) is 0. The van der Waals surface area contributed by atoms with Gasteiger partial charge < -0.3 is 9.26 Å². The number of hydrogen-bond donors (Lipinski definition) is 0. The van der Waals surface area contributed by atoms with Crippen molar-refractivity contribution in [2.75, 3.05) is 0 Å². The number of aromatic nitrogens is 1. The van der Waals surface area contributed by atoms with Crippen LogP contribution in [0.4, 0.5) is 0 Å². The van der Waals surface area contributed by atoms with Crippen LogP contribution in [0.5, 0.6) is 5.75 Å². The molecule has 0 aliphatic rings. The highest BCUT2D eigenvalue weighted by molar-refractivity contribution is 7.13. The first-order chi connectivity index (χ1) is 9.72. The first-order valence-corrected chi connectivity index (χ1v) is 6.90. The molecule has 0 N–H and O–H groups in total.